The summed E-state index contributed by atoms with van der Waals surface area (Å²) in [6, 6.07) is 70.9. The highest BCUT2D eigenvalue weighted by atomic mass is 35.5. The van der Waals surface area contributed by atoms with Crippen molar-refractivity contribution >= 4 is 140 Å². The SMILES string of the molecule is C=CC(=O)Cc1cccc(-c2cc(NC)nc(N)n2)c1.C=CC(=O)Cc1cccc(-c2cc(NC)nc(N)n2)c1C.CC1(C)Oc2ccc(NCCCc3cc(-c4cccc(Cl)c4Cl)nc(N)n3)cc2NC1=O.CCc1cc(-c2cccc(NC(=O)c3ncccc3O)c2)nc(N)n1.CNc1cc(-c2cccc(CC(=O)/C=C/CN(C)C)c2)nc(N)n1.CNc1cc(-c2cccc(CC(=O)/C=C/c3ccccc3)c2)nc(N)n1. The molecule has 758 valence electrons. The number of benzene rings is 8. The monoisotopic (exact) mass is 2030 g/mol. The van der Waals surface area contributed by atoms with Gasteiger partial charge in [-0.15, -0.1) is 0 Å². The highest BCUT2D eigenvalue weighted by Crippen LogP contribution is 2.38. The number of nitrogen functional groups attached to an aromatic ring is 6. The minimum Gasteiger partial charge on any atom is -0.505 e. The molecule has 35 nitrogen and oxygen atoms in total. The Morgan fingerprint density at radius 1 is 0.480 bits per heavy atom. The largest absolute Gasteiger partial charge is 0.505 e. The Kier molecular flexibility index (Phi) is 40.1. The standard InChI is InChI=1S/C23H23Cl2N5O2.C21H20N4O.C18H17N5O2.C18H23N5O.C16H18N4O.C15H16N4O/c1-23(2)21(31)29-18-11-13(8-9-19(18)32-23)27-10-4-5-14-12-17(30-22(26)28-14)15-6-3-7-16(24)20(15)25;1-23-20-14-19(24-21(22)25-20)17-9-5-8-16(12-17)13-18(26)11-10-15-6-3-2-4-7-15;1-2-12-10-14(23-18(19)22-12)11-5-3-6-13(9-11)21-17(25)16-15(24)7-4-8-20-16;1-20-17-12-16(21-18(19)22-17)14-7-4-6-13(10-14)11-15(24)8-5-9-23(2)3;1-4-12(21)8-11-6-5-7-13(10(11)2)14-9-15(18-3)20-16(17)19-14;1-3-12(20)8-10-5-4-6-11(7-10)13-9-14(17-2)19-15(16)18-13/h3,6-9,11-12,27H,4-5,10H2,1-2H3,(H,29,31)(H2,26,28,30);2-12,14H,13H2,1H3,(H3,22,23,24,25);3-10,24H,2H2,1H3,(H,21,25)(H2,19,22,23);4-8,10,12H,9,11H2,1-3H3,(H3,19,20,21,22);4-7,9H,1,8H2,2-3H3,(H3,17,18,19,20);3-7,9H,1,8H2,2H3,(H3,16,17,18,19)/b;11-10+;;8-5+;;. The molecule has 0 saturated carbocycles. The lowest BCUT2D eigenvalue weighted by Gasteiger charge is -2.31. The van der Waals surface area contributed by atoms with Crippen molar-refractivity contribution in [3.05, 3.63) is 341 Å². The zero-order valence-electron chi connectivity index (χ0n) is 83.5. The number of ketones is 4. The molecule has 1 aliphatic heterocycles. The normalized spacial score (nSPS) is 11.4. The Bertz CT molecular complexity index is 7330. The van der Waals surface area contributed by atoms with Gasteiger partial charge in [0.25, 0.3) is 11.8 Å². The summed E-state index contributed by atoms with van der Waals surface area (Å²) in [5, 5.41) is 31.4. The van der Waals surface area contributed by atoms with Crippen LogP contribution in [0.4, 0.5) is 76.0 Å². The molecule has 148 heavy (non-hydrogen) atoms. The van der Waals surface area contributed by atoms with Gasteiger partial charge in [0.05, 0.1) is 49.9 Å². The number of likely N-dealkylation sites (N-methyl/N-ethyl adjacent to an activating group) is 1. The number of nitrogens with two attached hydrogens (primary N) is 6. The number of rotatable bonds is 33. The minimum absolute atomic E-state index is 0.00614. The number of hydrogen-bond donors (Lipinski definition) is 14. The molecule has 0 spiro atoms. The summed E-state index contributed by atoms with van der Waals surface area (Å²) in [7, 11) is 11.0. The van der Waals surface area contributed by atoms with E-state index in [-0.39, 0.29) is 76.2 Å². The van der Waals surface area contributed by atoms with Crippen molar-refractivity contribution in [2.75, 3.05) is 127 Å². The highest BCUT2D eigenvalue weighted by Gasteiger charge is 2.35. The van der Waals surface area contributed by atoms with E-state index in [1.54, 1.807) is 84.5 Å². The summed E-state index contributed by atoms with van der Waals surface area (Å²) in [6.07, 6.45) is 14.7. The van der Waals surface area contributed by atoms with Gasteiger partial charge in [-0.2, -0.15) is 19.9 Å². The number of anilines is 13. The van der Waals surface area contributed by atoms with Crippen LogP contribution in [-0.2, 0) is 62.5 Å². The van der Waals surface area contributed by atoms with Crippen LogP contribution in [0.1, 0.15) is 82.4 Å². The summed E-state index contributed by atoms with van der Waals surface area (Å²) in [5.74, 6) is 3.78. The Morgan fingerprint density at radius 3 is 1.47 bits per heavy atom. The second kappa shape index (κ2) is 53.8. The van der Waals surface area contributed by atoms with Gasteiger partial charge in [-0.25, -0.2) is 44.9 Å². The van der Waals surface area contributed by atoms with Crippen molar-refractivity contribution in [3.63, 3.8) is 0 Å². The number of nitrogens with zero attached hydrogens (tertiary/aromatic N) is 14. The molecule has 8 aromatic carbocycles. The summed E-state index contributed by atoms with van der Waals surface area (Å²) in [4.78, 5) is 128. The predicted octanol–water partition coefficient (Wildman–Crippen LogP) is 17.9. The Hall–Kier alpha value is -18.1. The van der Waals surface area contributed by atoms with Crippen LogP contribution >= 0.6 is 23.2 Å². The molecular weight excluding hydrogens is 1910 g/mol. The second-order valence-electron chi connectivity index (χ2n) is 33.9. The average Bonchev–Trinajstić information content (AvgIpc) is 0.790. The number of halogens is 2. The molecule has 1 aliphatic rings. The Labute approximate surface area is 868 Å². The molecule has 0 radical (unpaired) electrons. The van der Waals surface area contributed by atoms with Gasteiger partial charge in [0.1, 0.15) is 34.8 Å². The van der Waals surface area contributed by atoms with Gasteiger partial charge in [-0.1, -0.05) is 183 Å². The van der Waals surface area contributed by atoms with Gasteiger partial charge < -0.3 is 86.4 Å². The number of fused-ring (bicyclic) bond motifs is 1. The molecule has 8 heterocycles. The van der Waals surface area contributed by atoms with E-state index < -0.39 is 11.5 Å². The van der Waals surface area contributed by atoms with Crippen LogP contribution in [0.2, 0.25) is 10.0 Å². The van der Waals surface area contributed by atoms with Crippen molar-refractivity contribution < 1.29 is 38.6 Å². The number of aromatic hydroxyl groups is 1. The first kappa shape index (κ1) is 110. The van der Waals surface area contributed by atoms with Crippen LogP contribution in [0.5, 0.6) is 11.5 Å². The molecule has 15 aromatic rings. The third-order valence-corrected chi connectivity index (χ3v) is 22.9. The van der Waals surface area contributed by atoms with Crippen LogP contribution in [0, 0.1) is 6.92 Å². The van der Waals surface area contributed by atoms with E-state index in [4.69, 9.17) is 62.3 Å². The maximum Gasteiger partial charge on any atom is 0.278 e. The molecule has 16 rings (SSSR count). The Balaban J connectivity index is 0.000000170. The molecule has 0 bridgehead atoms. The third kappa shape index (κ3) is 33.3. The topological polar surface area (TPSA) is 543 Å². The first-order valence-electron chi connectivity index (χ1n) is 46.8. The molecule has 0 aliphatic carbocycles. The smallest absolute Gasteiger partial charge is 0.278 e. The fraction of sp³-hybridized carbons (Fsp3) is 0.180. The van der Waals surface area contributed by atoms with E-state index in [1.165, 1.54) is 24.4 Å². The van der Waals surface area contributed by atoms with Crippen molar-refractivity contribution in [1.29, 1.82) is 0 Å². The first-order valence-corrected chi connectivity index (χ1v) is 47.6. The number of nitrogens with one attached hydrogen (secondary N) is 7. The number of carbonyl (C=O) groups is 6. The average molecular weight is 2030 g/mol. The van der Waals surface area contributed by atoms with E-state index in [2.05, 4.69) is 115 Å². The molecule has 0 unspecified atom stereocenters. The van der Waals surface area contributed by atoms with Gasteiger partial charge in [-0.05, 0) is 191 Å². The number of hydrogen-bond acceptors (Lipinski definition) is 33. The number of allylic oxidation sites excluding steroid dienone is 4. The lowest BCUT2D eigenvalue weighted by molar-refractivity contribution is -0.129. The van der Waals surface area contributed by atoms with Crippen LogP contribution in [-0.4, -0.2) is 171 Å². The summed E-state index contributed by atoms with van der Waals surface area (Å²) < 4.78 is 5.76. The fourth-order valence-electron chi connectivity index (χ4n) is 14.6. The number of aryl methyl sites for hydroxylation is 2. The number of pyridine rings is 1. The zero-order valence-corrected chi connectivity index (χ0v) is 85.1. The van der Waals surface area contributed by atoms with Crippen molar-refractivity contribution in [3.8, 4) is 79.0 Å². The number of carbonyl (C=O) groups excluding carboxylic acids is 6. The molecule has 2 amide bonds. The van der Waals surface area contributed by atoms with Gasteiger partial charge >= 0.3 is 0 Å². The summed E-state index contributed by atoms with van der Waals surface area (Å²) in [6.45, 7) is 15.9. The number of aromatic nitrogens is 13. The van der Waals surface area contributed by atoms with E-state index in [1.807, 2.05) is 239 Å². The van der Waals surface area contributed by atoms with Crippen molar-refractivity contribution in [1.82, 2.24) is 69.7 Å². The Morgan fingerprint density at radius 2 is 0.939 bits per heavy atom. The van der Waals surface area contributed by atoms with Crippen molar-refractivity contribution in [2.45, 2.75) is 78.2 Å². The molecule has 37 heteroatoms. The number of amides is 2. The first-order chi connectivity index (χ1) is 71.1. The lowest BCUT2D eigenvalue weighted by Crippen LogP contribution is -2.45. The van der Waals surface area contributed by atoms with Crippen LogP contribution in [0.15, 0.2) is 280 Å². The van der Waals surface area contributed by atoms with E-state index >= 15 is 0 Å². The number of ether oxygens (including phenoxy) is 1. The van der Waals surface area contributed by atoms with Crippen LogP contribution in [0.25, 0.3) is 73.6 Å². The van der Waals surface area contributed by atoms with Crippen LogP contribution < -0.4 is 76.4 Å². The second-order valence-corrected chi connectivity index (χ2v) is 34.7. The lowest BCUT2D eigenvalue weighted by atomic mass is 9.96. The highest BCUT2D eigenvalue weighted by molar-refractivity contribution is 6.43. The molecule has 0 fully saturated rings. The van der Waals surface area contributed by atoms with Gasteiger partial charge in [0.2, 0.25) is 35.7 Å². The quantitative estimate of drug-likeness (QED) is 0.0134. The third-order valence-electron chi connectivity index (χ3n) is 22.1. The van der Waals surface area contributed by atoms with Gasteiger partial charge in [0.15, 0.2) is 34.4 Å². The van der Waals surface area contributed by atoms with Crippen molar-refractivity contribution in [2.24, 2.45) is 0 Å². The summed E-state index contributed by atoms with van der Waals surface area (Å²) >= 11 is 12.4. The van der Waals surface area contributed by atoms with E-state index in [0.717, 1.165) is 120 Å². The van der Waals surface area contributed by atoms with Gasteiger partial charge in [0, 0.05) is 154 Å². The molecule has 0 atom stereocenters. The zero-order chi connectivity index (χ0) is 107. The maximum absolute atomic E-state index is 12.3. The van der Waals surface area contributed by atoms with Gasteiger partial charge in [-0.3, -0.25) is 28.8 Å². The molecule has 7 aromatic heterocycles. The molecular formula is C111H117Cl2N27O8. The van der Waals surface area contributed by atoms with E-state index in [9.17, 15) is 33.9 Å². The molecule has 20 N–H and O–H groups in total. The van der Waals surface area contributed by atoms with E-state index in [0.29, 0.717) is 106 Å². The molecule has 0 saturated heterocycles. The minimum atomic E-state index is -0.879. The van der Waals surface area contributed by atoms with Crippen LogP contribution in [0.3, 0.4) is 0 Å². The maximum atomic E-state index is 12.3. The fourth-order valence-corrected chi connectivity index (χ4v) is 15.0. The predicted molar refractivity (Wildman–Crippen MR) is 592 cm³/mol. The summed E-state index contributed by atoms with van der Waals surface area (Å²) in [5.41, 5.74) is 52.6.